The van der Waals surface area contributed by atoms with Crippen molar-refractivity contribution in [2.24, 2.45) is 5.92 Å². The minimum Gasteiger partial charge on any atom is -0.357 e. The molecule has 20 heavy (non-hydrogen) atoms. The van der Waals surface area contributed by atoms with Crippen LogP contribution in [-0.2, 0) is 16.4 Å². The lowest BCUT2D eigenvalue weighted by Crippen LogP contribution is -2.26. The number of nitrogens with one attached hydrogen (secondary N) is 1. The number of hydrogen-bond donors (Lipinski definition) is 1. The molecular formula is C13H24N4O2S. The molecule has 1 N–H and O–H groups in total. The molecule has 0 saturated carbocycles. The summed E-state index contributed by atoms with van der Waals surface area (Å²) in [5.74, 6) is 1.39. The molecule has 1 rings (SSSR count). The molecule has 0 atom stereocenters. The molecule has 0 saturated heterocycles. The molecule has 0 radical (unpaired) electrons. The van der Waals surface area contributed by atoms with Crippen LogP contribution in [0.5, 0.6) is 0 Å². The van der Waals surface area contributed by atoms with Gasteiger partial charge in [-0.3, -0.25) is 4.98 Å². The second-order valence-corrected chi connectivity index (χ2v) is 7.70. The van der Waals surface area contributed by atoms with Crippen molar-refractivity contribution in [2.45, 2.75) is 20.4 Å². The Balaban J connectivity index is 2.58. The van der Waals surface area contributed by atoms with E-state index in [0.29, 0.717) is 24.8 Å². The van der Waals surface area contributed by atoms with Crippen LogP contribution in [-0.4, -0.2) is 50.5 Å². The second-order valence-electron chi connectivity index (χ2n) is 5.44. The smallest absolute Gasteiger partial charge is 0.149 e. The van der Waals surface area contributed by atoms with E-state index in [1.54, 1.807) is 17.3 Å². The summed E-state index contributed by atoms with van der Waals surface area (Å²) in [5, 5.41) is 3.31. The number of rotatable bonds is 8. The molecule has 7 heteroatoms. The molecule has 6 nitrogen and oxygen atoms in total. The fourth-order valence-corrected chi connectivity index (χ4v) is 2.18. The van der Waals surface area contributed by atoms with Gasteiger partial charge in [0.2, 0.25) is 0 Å². The molecule has 114 valence electrons. The topological polar surface area (TPSA) is 75.2 Å². The van der Waals surface area contributed by atoms with E-state index < -0.39 is 9.84 Å². The van der Waals surface area contributed by atoms with Crippen molar-refractivity contribution in [2.75, 3.05) is 37.0 Å². The first-order chi connectivity index (χ1) is 9.28. The Bertz CT molecular complexity index is 517. The van der Waals surface area contributed by atoms with E-state index >= 15 is 0 Å². The van der Waals surface area contributed by atoms with Gasteiger partial charge in [-0.25, -0.2) is 13.4 Å². The van der Waals surface area contributed by atoms with Gasteiger partial charge < -0.3 is 10.2 Å². The number of nitrogens with zero attached hydrogens (tertiary/aromatic N) is 3. The maximum atomic E-state index is 11.2. The van der Waals surface area contributed by atoms with E-state index in [2.05, 4.69) is 29.1 Å². The van der Waals surface area contributed by atoms with Gasteiger partial charge in [-0.15, -0.1) is 0 Å². The van der Waals surface area contributed by atoms with Gasteiger partial charge in [0, 0.05) is 32.6 Å². The third-order valence-electron chi connectivity index (χ3n) is 2.72. The summed E-state index contributed by atoms with van der Waals surface area (Å²) in [7, 11) is -1.14. The van der Waals surface area contributed by atoms with E-state index in [-0.39, 0.29) is 5.75 Å². The Labute approximate surface area is 121 Å². The van der Waals surface area contributed by atoms with E-state index in [9.17, 15) is 8.42 Å². The first-order valence-electron chi connectivity index (χ1n) is 6.68. The quantitative estimate of drug-likeness (QED) is 0.762. The second kappa shape index (κ2) is 7.54. The van der Waals surface area contributed by atoms with Crippen LogP contribution in [0.2, 0.25) is 0 Å². The normalized spacial score (nSPS) is 11.8. The summed E-state index contributed by atoms with van der Waals surface area (Å²) in [5.41, 5.74) is 0.856. The lowest BCUT2D eigenvalue weighted by Gasteiger charge is -2.17. The largest absolute Gasteiger partial charge is 0.357 e. The molecule has 0 unspecified atom stereocenters. The zero-order valence-electron chi connectivity index (χ0n) is 12.6. The van der Waals surface area contributed by atoms with Crippen molar-refractivity contribution in [3.8, 4) is 0 Å². The molecule has 0 spiro atoms. The van der Waals surface area contributed by atoms with E-state index in [1.165, 1.54) is 6.26 Å². The molecule has 0 bridgehead atoms. The van der Waals surface area contributed by atoms with Crippen molar-refractivity contribution in [1.29, 1.82) is 0 Å². The van der Waals surface area contributed by atoms with Crippen molar-refractivity contribution in [3.63, 3.8) is 0 Å². The fraction of sp³-hybridized carbons (Fsp3) is 0.692. The molecule has 0 aliphatic carbocycles. The lowest BCUT2D eigenvalue weighted by molar-refractivity contribution is 0.547. The lowest BCUT2D eigenvalue weighted by atomic mass is 10.2. The van der Waals surface area contributed by atoms with Crippen molar-refractivity contribution >= 4 is 15.7 Å². The van der Waals surface area contributed by atoms with Gasteiger partial charge in [0.05, 0.1) is 17.6 Å². The first-order valence-corrected chi connectivity index (χ1v) is 8.74. The van der Waals surface area contributed by atoms with Crippen molar-refractivity contribution in [3.05, 3.63) is 18.1 Å². The summed E-state index contributed by atoms with van der Waals surface area (Å²) in [6.07, 6.45) is 4.61. The van der Waals surface area contributed by atoms with Crippen molar-refractivity contribution in [1.82, 2.24) is 15.3 Å². The highest BCUT2D eigenvalue weighted by Crippen LogP contribution is 2.07. The third-order valence-corrected chi connectivity index (χ3v) is 3.64. The Kier molecular flexibility index (Phi) is 6.35. The molecule has 1 aromatic heterocycles. The minimum atomic E-state index is -2.96. The molecular weight excluding hydrogens is 276 g/mol. The van der Waals surface area contributed by atoms with Crippen LogP contribution < -0.4 is 10.2 Å². The average molecular weight is 300 g/mol. The Hall–Kier alpha value is -1.21. The van der Waals surface area contributed by atoms with Gasteiger partial charge in [0.25, 0.3) is 0 Å². The van der Waals surface area contributed by atoms with Crippen LogP contribution in [0.4, 0.5) is 5.82 Å². The highest BCUT2D eigenvalue weighted by molar-refractivity contribution is 7.90. The number of anilines is 1. The summed E-state index contributed by atoms with van der Waals surface area (Å²) >= 11 is 0. The Morgan fingerprint density at radius 2 is 2.05 bits per heavy atom. The maximum Gasteiger partial charge on any atom is 0.149 e. The molecule has 0 aromatic carbocycles. The maximum absolute atomic E-state index is 11.2. The Morgan fingerprint density at radius 3 is 2.65 bits per heavy atom. The third kappa shape index (κ3) is 6.81. The first kappa shape index (κ1) is 16.8. The summed E-state index contributed by atoms with van der Waals surface area (Å²) in [6, 6.07) is 0. The van der Waals surface area contributed by atoms with Crippen LogP contribution in [0.15, 0.2) is 12.4 Å². The number of aromatic nitrogens is 2. The van der Waals surface area contributed by atoms with Gasteiger partial charge >= 0.3 is 0 Å². The van der Waals surface area contributed by atoms with Gasteiger partial charge in [-0.2, -0.15) is 0 Å². The van der Waals surface area contributed by atoms with Gasteiger partial charge in [-0.1, -0.05) is 13.8 Å². The molecule has 0 fully saturated rings. The SMILES string of the molecule is CC(C)CNCc1cncc(N(C)CCS(C)(=O)=O)n1. The van der Waals surface area contributed by atoms with Crippen LogP contribution in [0.25, 0.3) is 0 Å². The van der Waals surface area contributed by atoms with Crippen LogP contribution in [0.3, 0.4) is 0 Å². The highest BCUT2D eigenvalue weighted by atomic mass is 32.2. The van der Waals surface area contributed by atoms with E-state index in [4.69, 9.17) is 0 Å². The summed E-state index contributed by atoms with van der Waals surface area (Å²) in [6.45, 7) is 6.30. The van der Waals surface area contributed by atoms with Gasteiger partial charge in [0.1, 0.15) is 15.7 Å². The predicted molar refractivity (Wildman–Crippen MR) is 81.6 cm³/mol. The summed E-state index contributed by atoms with van der Waals surface area (Å²) < 4.78 is 22.3. The molecule has 0 aliphatic heterocycles. The molecule has 1 heterocycles. The van der Waals surface area contributed by atoms with Crippen LogP contribution in [0.1, 0.15) is 19.5 Å². The fourth-order valence-electron chi connectivity index (χ4n) is 1.57. The zero-order chi connectivity index (χ0) is 15.2. The van der Waals surface area contributed by atoms with E-state index in [0.717, 1.165) is 12.2 Å². The number of hydrogen-bond acceptors (Lipinski definition) is 6. The average Bonchev–Trinajstić information content (AvgIpc) is 2.35. The molecule has 1 aromatic rings. The number of sulfone groups is 1. The summed E-state index contributed by atoms with van der Waals surface area (Å²) in [4.78, 5) is 10.4. The Morgan fingerprint density at radius 1 is 1.35 bits per heavy atom. The molecule has 0 aliphatic rings. The minimum absolute atomic E-state index is 0.112. The highest BCUT2D eigenvalue weighted by Gasteiger charge is 2.08. The van der Waals surface area contributed by atoms with Gasteiger partial charge in [-0.05, 0) is 12.5 Å². The van der Waals surface area contributed by atoms with Crippen molar-refractivity contribution < 1.29 is 8.42 Å². The van der Waals surface area contributed by atoms with E-state index in [1.807, 2.05) is 7.05 Å². The monoisotopic (exact) mass is 300 g/mol. The predicted octanol–water partition coefficient (Wildman–Crippen LogP) is 0.703. The zero-order valence-corrected chi connectivity index (χ0v) is 13.4. The van der Waals surface area contributed by atoms with Crippen LogP contribution >= 0.6 is 0 Å². The van der Waals surface area contributed by atoms with Crippen LogP contribution in [0, 0.1) is 5.92 Å². The molecule has 0 amide bonds. The van der Waals surface area contributed by atoms with Gasteiger partial charge in [0.15, 0.2) is 0 Å². The standard InChI is InChI=1S/C13H24N4O2S/c1-11(2)7-14-8-12-9-15-10-13(16-12)17(3)5-6-20(4,18)19/h9-11,14H,5-8H2,1-4H3.